The van der Waals surface area contributed by atoms with Crippen molar-refractivity contribution >= 4 is 0 Å². The number of ether oxygens (including phenoxy) is 1. The van der Waals surface area contributed by atoms with Gasteiger partial charge in [-0.1, -0.05) is 30.3 Å². The first-order valence-corrected chi connectivity index (χ1v) is 6.73. The molecule has 0 atom stereocenters. The van der Waals surface area contributed by atoms with Gasteiger partial charge in [0.2, 0.25) is 0 Å². The second kappa shape index (κ2) is 5.32. The molecule has 3 rings (SSSR count). The zero-order valence-electron chi connectivity index (χ0n) is 12.1. The van der Waals surface area contributed by atoms with E-state index in [1.807, 2.05) is 30.3 Å². The predicted molar refractivity (Wildman–Crippen MR) is 84.5 cm³/mol. The zero-order valence-corrected chi connectivity index (χ0v) is 12.1. The number of nitrogens with two attached hydrogens (primary N) is 1. The van der Waals surface area contributed by atoms with Gasteiger partial charge in [0.1, 0.15) is 5.75 Å². The van der Waals surface area contributed by atoms with Crippen molar-refractivity contribution in [2.45, 2.75) is 6.92 Å². The standard InChI is InChI=1S/C17H17N3O/c1-12-4-3-5-15(13-6-8-14(21-2)9-7-13)16(12)17-19-10-11-20(17)18/h3-11H,18H2,1-2H3. The number of rotatable bonds is 3. The van der Waals surface area contributed by atoms with E-state index in [1.54, 1.807) is 24.2 Å². The zero-order chi connectivity index (χ0) is 14.8. The van der Waals surface area contributed by atoms with Crippen molar-refractivity contribution in [1.29, 1.82) is 0 Å². The first-order valence-electron chi connectivity index (χ1n) is 6.73. The number of hydrogen-bond acceptors (Lipinski definition) is 3. The van der Waals surface area contributed by atoms with Gasteiger partial charge in [0.15, 0.2) is 5.82 Å². The Morgan fingerprint density at radius 2 is 1.86 bits per heavy atom. The molecule has 2 aromatic carbocycles. The van der Waals surface area contributed by atoms with Gasteiger partial charge in [0.25, 0.3) is 0 Å². The Hall–Kier alpha value is -2.75. The smallest absolute Gasteiger partial charge is 0.159 e. The normalized spacial score (nSPS) is 10.6. The highest BCUT2D eigenvalue weighted by molar-refractivity contribution is 5.83. The van der Waals surface area contributed by atoms with Crippen LogP contribution in [0.3, 0.4) is 0 Å². The minimum atomic E-state index is 0.763. The van der Waals surface area contributed by atoms with Gasteiger partial charge in [-0.2, -0.15) is 0 Å². The van der Waals surface area contributed by atoms with Crippen LogP contribution in [0.15, 0.2) is 54.9 Å². The summed E-state index contributed by atoms with van der Waals surface area (Å²) in [5.74, 6) is 7.57. The number of nitrogens with zero attached hydrogens (tertiary/aromatic N) is 2. The second-order valence-electron chi connectivity index (χ2n) is 4.88. The van der Waals surface area contributed by atoms with Gasteiger partial charge in [-0.15, -0.1) is 0 Å². The number of methoxy groups -OCH3 is 1. The van der Waals surface area contributed by atoms with Gasteiger partial charge in [0.05, 0.1) is 7.11 Å². The fraction of sp³-hybridized carbons (Fsp3) is 0.118. The lowest BCUT2D eigenvalue weighted by Crippen LogP contribution is -2.09. The molecule has 0 saturated heterocycles. The van der Waals surface area contributed by atoms with Gasteiger partial charge in [-0.3, -0.25) is 4.68 Å². The molecule has 4 nitrogen and oxygen atoms in total. The summed E-state index contributed by atoms with van der Waals surface area (Å²) in [7, 11) is 1.67. The molecule has 0 aliphatic rings. The van der Waals surface area contributed by atoms with Crippen LogP contribution in [-0.2, 0) is 0 Å². The van der Waals surface area contributed by atoms with Crippen LogP contribution in [0.1, 0.15) is 5.56 Å². The monoisotopic (exact) mass is 279 g/mol. The molecular formula is C17H17N3O. The maximum absolute atomic E-state index is 5.97. The van der Waals surface area contributed by atoms with Crippen molar-refractivity contribution in [1.82, 2.24) is 9.66 Å². The van der Waals surface area contributed by atoms with Gasteiger partial charge < -0.3 is 10.6 Å². The van der Waals surface area contributed by atoms with E-state index in [0.29, 0.717) is 0 Å². The minimum absolute atomic E-state index is 0.763. The summed E-state index contributed by atoms with van der Waals surface area (Å²) < 4.78 is 6.76. The van der Waals surface area contributed by atoms with Crippen LogP contribution in [0.5, 0.6) is 5.75 Å². The number of imidazole rings is 1. The van der Waals surface area contributed by atoms with Crippen LogP contribution >= 0.6 is 0 Å². The molecule has 106 valence electrons. The number of hydrogen-bond donors (Lipinski definition) is 1. The summed E-state index contributed by atoms with van der Waals surface area (Å²) in [4.78, 5) is 4.38. The van der Waals surface area contributed by atoms with Crippen LogP contribution in [0.4, 0.5) is 0 Å². The molecule has 0 radical (unpaired) electrons. The molecule has 21 heavy (non-hydrogen) atoms. The Balaban J connectivity index is 2.19. The number of aromatic nitrogens is 2. The highest BCUT2D eigenvalue weighted by Crippen LogP contribution is 2.34. The molecule has 3 aromatic rings. The van der Waals surface area contributed by atoms with Gasteiger partial charge >= 0.3 is 0 Å². The number of nitrogen functional groups attached to an aromatic ring is 1. The van der Waals surface area contributed by atoms with Crippen molar-refractivity contribution in [2.24, 2.45) is 0 Å². The molecule has 1 aromatic heterocycles. The molecule has 0 bridgehead atoms. The van der Waals surface area contributed by atoms with Gasteiger partial charge in [-0.25, -0.2) is 4.98 Å². The summed E-state index contributed by atoms with van der Waals surface area (Å²) in [6.45, 7) is 2.07. The summed E-state index contributed by atoms with van der Waals surface area (Å²) in [5.41, 5.74) is 4.41. The third kappa shape index (κ3) is 2.36. The van der Waals surface area contributed by atoms with E-state index < -0.39 is 0 Å². The fourth-order valence-corrected chi connectivity index (χ4v) is 2.48. The van der Waals surface area contributed by atoms with Crippen LogP contribution in [0.2, 0.25) is 0 Å². The average molecular weight is 279 g/mol. The molecule has 0 amide bonds. The Bertz CT molecular complexity index is 760. The van der Waals surface area contributed by atoms with E-state index in [9.17, 15) is 0 Å². The summed E-state index contributed by atoms with van der Waals surface area (Å²) in [6, 6.07) is 14.2. The van der Waals surface area contributed by atoms with E-state index in [2.05, 4.69) is 24.0 Å². The Kier molecular flexibility index (Phi) is 3.36. The van der Waals surface area contributed by atoms with Crippen LogP contribution in [-0.4, -0.2) is 16.8 Å². The molecular weight excluding hydrogens is 262 g/mol. The minimum Gasteiger partial charge on any atom is -0.497 e. The lowest BCUT2D eigenvalue weighted by molar-refractivity contribution is 0.415. The quantitative estimate of drug-likeness (QED) is 0.749. The maximum atomic E-state index is 5.97. The van der Waals surface area contributed by atoms with Gasteiger partial charge in [0, 0.05) is 18.0 Å². The molecule has 0 aliphatic carbocycles. The Labute approximate surface area is 123 Å². The Morgan fingerprint density at radius 1 is 1.10 bits per heavy atom. The van der Waals surface area contributed by atoms with Crippen molar-refractivity contribution in [3.05, 3.63) is 60.4 Å². The van der Waals surface area contributed by atoms with Crippen LogP contribution in [0, 0.1) is 6.92 Å². The van der Waals surface area contributed by atoms with E-state index in [0.717, 1.165) is 33.8 Å². The number of aryl methyl sites for hydroxylation is 1. The van der Waals surface area contributed by atoms with E-state index in [-0.39, 0.29) is 0 Å². The van der Waals surface area contributed by atoms with Crippen molar-refractivity contribution in [3.8, 4) is 28.3 Å². The number of benzene rings is 2. The highest BCUT2D eigenvalue weighted by atomic mass is 16.5. The SMILES string of the molecule is COc1ccc(-c2cccc(C)c2-c2nccn2N)cc1. The Morgan fingerprint density at radius 3 is 2.48 bits per heavy atom. The highest BCUT2D eigenvalue weighted by Gasteiger charge is 2.14. The summed E-state index contributed by atoms with van der Waals surface area (Å²) in [6.07, 6.45) is 3.46. The fourth-order valence-electron chi connectivity index (χ4n) is 2.48. The average Bonchev–Trinajstić information content (AvgIpc) is 2.93. The molecule has 0 aliphatic heterocycles. The summed E-state index contributed by atoms with van der Waals surface area (Å²) in [5, 5.41) is 0. The first kappa shape index (κ1) is 13.2. The molecule has 0 saturated carbocycles. The molecule has 0 unspecified atom stereocenters. The van der Waals surface area contributed by atoms with Gasteiger partial charge in [-0.05, 0) is 35.7 Å². The van der Waals surface area contributed by atoms with Crippen molar-refractivity contribution in [3.63, 3.8) is 0 Å². The maximum Gasteiger partial charge on any atom is 0.159 e. The lowest BCUT2D eigenvalue weighted by atomic mass is 9.95. The first-order chi connectivity index (χ1) is 10.2. The molecule has 4 heteroatoms. The molecule has 2 N–H and O–H groups in total. The van der Waals surface area contributed by atoms with Crippen molar-refractivity contribution < 1.29 is 4.74 Å². The second-order valence-corrected chi connectivity index (χ2v) is 4.88. The topological polar surface area (TPSA) is 53.1 Å². The van der Waals surface area contributed by atoms with Crippen molar-refractivity contribution in [2.75, 3.05) is 13.0 Å². The van der Waals surface area contributed by atoms with E-state index in [1.165, 1.54) is 0 Å². The lowest BCUT2D eigenvalue weighted by Gasteiger charge is -2.13. The largest absolute Gasteiger partial charge is 0.497 e. The third-order valence-corrected chi connectivity index (χ3v) is 3.57. The predicted octanol–water partition coefficient (Wildman–Crippen LogP) is 3.25. The van der Waals surface area contributed by atoms with Crippen LogP contribution in [0.25, 0.3) is 22.5 Å². The van der Waals surface area contributed by atoms with E-state index in [4.69, 9.17) is 10.6 Å². The summed E-state index contributed by atoms with van der Waals surface area (Å²) >= 11 is 0. The van der Waals surface area contributed by atoms with Crippen LogP contribution < -0.4 is 10.6 Å². The van der Waals surface area contributed by atoms with E-state index >= 15 is 0 Å². The third-order valence-electron chi connectivity index (χ3n) is 3.57. The molecule has 0 spiro atoms. The molecule has 1 heterocycles. The molecule has 0 fully saturated rings.